The number of imidazole rings is 1. The molecule has 0 spiro atoms. The lowest BCUT2D eigenvalue weighted by molar-refractivity contribution is -0.192. The van der Waals surface area contributed by atoms with Gasteiger partial charge < -0.3 is 10.0 Å². The Morgan fingerprint density at radius 2 is 1.91 bits per heavy atom. The Bertz CT molecular complexity index is 1130. The lowest BCUT2D eigenvalue weighted by Crippen LogP contribution is -2.40. The van der Waals surface area contributed by atoms with Crippen LogP contribution in [0.1, 0.15) is 60.5 Å². The number of likely N-dealkylation sites (tertiary alicyclic amines) is 1. The third-order valence-electron chi connectivity index (χ3n) is 5.49. The van der Waals surface area contributed by atoms with Crippen LogP contribution in [0.15, 0.2) is 24.7 Å². The number of hydrogen-bond acceptors (Lipinski definition) is 6. The molecule has 1 aliphatic rings. The molecule has 0 saturated carbocycles. The van der Waals surface area contributed by atoms with E-state index in [2.05, 4.69) is 33.4 Å². The summed E-state index contributed by atoms with van der Waals surface area (Å²) in [6, 6.07) is 2.12. The number of halogens is 3. The number of carboxylic acids is 1. The Kier molecular flexibility index (Phi) is 7.84. The minimum atomic E-state index is -5.08. The number of unbranched alkanes of at least 4 members (excludes halogenated alkanes) is 1. The molecular formula is C21H26F3N7O3. The summed E-state index contributed by atoms with van der Waals surface area (Å²) in [7, 11) is 0. The van der Waals surface area contributed by atoms with Crippen LogP contribution in [0, 0.1) is 6.92 Å². The van der Waals surface area contributed by atoms with Gasteiger partial charge in [-0.1, -0.05) is 18.6 Å². The first-order valence-corrected chi connectivity index (χ1v) is 10.9. The van der Waals surface area contributed by atoms with Crippen LogP contribution in [0.2, 0.25) is 0 Å². The van der Waals surface area contributed by atoms with E-state index in [1.54, 1.807) is 10.6 Å². The van der Waals surface area contributed by atoms with Crippen LogP contribution < -0.4 is 0 Å². The van der Waals surface area contributed by atoms with Gasteiger partial charge >= 0.3 is 12.1 Å². The minimum absolute atomic E-state index is 0.0219. The molecule has 13 heteroatoms. The zero-order chi connectivity index (χ0) is 24.9. The fourth-order valence-corrected chi connectivity index (χ4v) is 3.70. The smallest absolute Gasteiger partial charge is 0.475 e. The van der Waals surface area contributed by atoms with Gasteiger partial charge in [0, 0.05) is 31.7 Å². The summed E-state index contributed by atoms with van der Waals surface area (Å²) in [6.07, 6.45) is 5.56. The number of aryl methyl sites for hydroxylation is 2. The number of carbonyl (C=O) groups excluding carboxylic acids is 1. The molecule has 184 valence electrons. The summed E-state index contributed by atoms with van der Waals surface area (Å²) < 4.78 is 35.5. The Labute approximate surface area is 193 Å². The van der Waals surface area contributed by atoms with Gasteiger partial charge in [0.2, 0.25) is 5.78 Å². The molecule has 1 aliphatic heterocycles. The van der Waals surface area contributed by atoms with Gasteiger partial charge in [-0.3, -0.25) is 9.20 Å². The number of nitrogens with zero attached hydrogens (tertiary/aromatic N) is 7. The average molecular weight is 481 g/mol. The predicted molar refractivity (Wildman–Crippen MR) is 114 cm³/mol. The predicted octanol–water partition coefficient (Wildman–Crippen LogP) is 3.08. The topological polar surface area (TPSA) is 119 Å². The normalized spacial score (nSPS) is 14.7. The molecule has 3 aromatic rings. The summed E-state index contributed by atoms with van der Waals surface area (Å²) >= 11 is 0. The van der Waals surface area contributed by atoms with Crippen molar-refractivity contribution in [2.75, 3.05) is 13.1 Å². The molecule has 10 nitrogen and oxygen atoms in total. The fourth-order valence-electron chi connectivity index (χ4n) is 3.70. The molecule has 0 aliphatic carbocycles. The fraction of sp³-hybridized carbons (Fsp3) is 0.524. The molecule has 1 fully saturated rings. The van der Waals surface area contributed by atoms with Crippen molar-refractivity contribution < 1.29 is 27.9 Å². The van der Waals surface area contributed by atoms with Gasteiger partial charge in [0.05, 0.1) is 17.4 Å². The highest BCUT2D eigenvalue weighted by Crippen LogP contribution is 2.24. The number of alkyl halides is 3. The molecule has 4 heterocycles. The third kappa shape index (κ3) is 5.88. The average Bonchev–Trinajstić information content (AvgIpc) is 3.41. The highest BCUT2D eigenvalue weighted by molar-refractivity contribution is 5.94. The third-order valence-corrected chi connectivity index (χ3v) is 5.49. The summed E-state index contributed by atoms with van der Waals surface area (Å²) in [5, 5.41) is 15.7. The van der Waals surface area contributed by atoms with Gasteiger partial charge in [-0.25, -0.2) is 19.4 Å². The largest absolute Gasteiger partial charge is 0.490 e. The second-order valence-corrected chi connectivity index (χ2v) is 7.96. The number of aliphatic carboxylic acids is 1. The highest BCUT2D eigenvalue weighted by Gasteiger charge is 2.38. The minimum Gasteiger partial charge on any atom is -0.475 e. The quantitative estimate of drug-likeness (QED) is 0.595. The van der Waals surface area contributed by atoms with E-state index >= 15 is 0 Å². The summed E-state index contributed by atoms with van der Waals surface area (Å²) in [5.74, 6) is -2.17. The maximum absolute atomic E-state index is 13.1. The molecule has 34 heavy (non-hydrogen) atoms. The van der Waals surface area contributed by atoms with Gasteiger partial charge in [-0.2, -0.15) is 13.2 Å². The number of carbonyl (C=O) groups is 2. The van der Waals surface area contributed by atoms with Crippen LogP contribution in [0.5, 0.6) is 0 Å². The Balaban J connectivity index is 0.000000406. The lowest BCUT2D eigenvalue weighted by Gasteiger charge is -2.31. The van der Waals surface area contributed by atoms with Crippen LogP contribution >= 0.6 is 0 Å². The monoisotopic (exact) mass is 481 g/mol. The highest BCUT2D eigenvalue weighted by atomic mass is 19.4. The van der Waals surface area contributed by atoms with Crippen LogP contribution in [-0.4, -0.2) is 70.5 Å². The van der Waals surface area contributed by atoms with Gasteiger partial charge in [0.1, 0.15) is 5.69 Å². The van der Waals surface area contributed by atoms with Crippen molar-refractivity contribution in [3.05, 3.63) is 41.7 Å². The number of rotatable bonds is 5. The first kappa shape index (κ1) is 25.1. The molecule has 1 amide bonds. The number of fused-ring (bicyclic) bond motifs is 1. The number of hydrogen-bond donors (Lipinski definition) is 1. The van der Waals surface area contributed by atoms with Crippen molar-refractivity contribution in [2.45, 2.75) is 58.2 Å². The van der Waals surface area contributed by atoms with E-state index in [0.717, 1.165) is 43.5 Å². The van der Waals surface area contributed by atoms with E-state index in [9.17, 15) is 18.0 Å². The van der Waals surface area contributed by atoms with Crippen molar-refractivity contribution in [1.82, 2.24) is 34.3 Å². The van der Waals surface area contributed by atoms with E-state index < -0.39 is 12.1 Å². The van der Waals surface area contributed by atoms with Crippen LogP contribution in [0.4, 0.5) is 13.2 Å². The van der Waals surface area contributed by atoms with E-state index in [0.29, 0.717) is 30.6 Å². The molecule has 0 bridgehead atoms. The maximum Gasteiger partial charge on any atom is 0.490 e. The van der Waals surface area contributed by atoms with E-state index in [1.807, 2.05) is 28.8 Å². The Morgan fingerprint density at radius 3 is 2.53 bits per heavy atom. The van der Waals surface area contributed by atoms with E-state index in [-0.39, 0.29) is 5.91 Å². The lowest BCUT2D eigenvalue weighted by atomic mass is 10.0. The van der Waals surface area contributed by atoms with Crippen molar-refractivity contribution in [3.63, 3.8) is 0 Å². The van der Waals surface area contributed by atoms with Gasteiger partial charge in [0.25, 0.3) is 5.91 Å². The summed E-state index contributed by atoms with van der Waals surface area (Å²) in [6.45, 7) is 5.46. The van der Waals surface area contributed by atoms with Crippen LogP contribution in [0.3, 0.4) is 0 Å². The zero-order valence-electron chi connectivity index (χ0n) is 18.9. The summed E-state index contributed by atoms with van der Waals surface area (Å²) in [4.78, 5) is 32.5. The van der Waals surface area contributed by atoms with E-state index in [4.69, 9.17) is 9.90 Å². The van der Waals surface area contributed by atoms with Crippen LogP contribution in [0.25, 0.3) is 5.78 Å². The maximum atomic E-state index is 13.1. The van der Waals surface area contributed by atoms with Crippen molar-refractivity contribution in [1.29, 1.82) is 0 Å². The molecule has 0 atom stereocenters. The van der Waals surface area contributed by atoms with Crippen LogP contribution in [-0.2, 0) is 11.2 Å². The first-order chi connectivity index (χ1) is 16.1. The van der Waals surface area contributed by atoms with Crippen molar-refractivity contribution in [2.24, 2.45) is 0 Å². The molecule has 1 N–H and O–H groups in total. The molecule has 3 aromatic heterocycles. The van der Waals surface area contributed by atoms with Gasteiger partial charge in [0.15, 0.2) is 0 Å². The first-order valence-electron chi connectivity index (χ1n) is 10.9. The molecule has 0 radical (unpaired) electrons. The number of piperidine rings is 1. The van der Waals surface area contributed by atoms with Crippen molar-refractivity contribution >= 4 is 17.7 Å². The number of amides is 1. The molecule has 4 rings (SSSR count). The summed E-state index contributed by atoms with van der Waals surface area (Å²) in [5.41, 5.74) is 2.39. The second-order valence-electron chi connectivity index (χ2n) is 7.96. The SMILES string of the molecule is CCCCc1cn(C2CCN(C(=O)c3c(C)nc4ncccn34)CC2)nn1.O=C(O)C(F)(F)F. The van der Waals surface area contributed by atoms with Crippen molar-refractivity contribution in [3.8, 4) is 0 Å². The standard InChI is InChI=1S/C19H25N7O.C2HF3O2/c1-3-4-6-15-13-26(23-22-15)16-7-11-24(12-8-16)18(27)17-14(2)21-19-20-9-5-10-25(17)19;3-2(4,5)1(6)7/h5,9-10,13,16H,3-4,6-8,11-12H2,1-2H3;(H,6,7). The molecular weight excluding hydrogens is 455 g/mol. The van der Waals surface area contributed by atoms with Gasteiger partial charge in [-0.05, 0) is 38.7 Å². The molecule has 1 saturated heterocycles. The Morgan fingerprint density at radius 1 is 1.24 bits per heavy atom. The second kappa shape index (κ2) is 10.6. The number of carboxylic acid groups (broad SMARTS) is 1. The zero-order valence-corrected chi connectivity index (χ0v) is 18.9. The number of aromatic nitrogens is 6. The van der Waals surface area contributed by atoms with E-state index in [1.165, 1.54) is 0 Å². The molecule has 0 unspecified atom stereocenters. The van der Waals surface area contributed by atoms with Gasteiger partial charge in [-0.15, -0.1) is 5.10 Å². The Hall–Kier alpha value is -3.51. The molecule has 0 aromatic carbocycles.